The van der Waals surface area contributed by atoms with Crippen molar-refractivity contribution in [1.29, 1.82) is 0 Å². The second kappa shape index (κ2) is 5.14. The first-order chi connectivity index (χ1) is 9.24. The Hall–Kier alpha value is -1.67. The average Bonchev–Trinajstić information content (AvgIpc) is 2.61. The second-order valence-electron chi connectivity index (χ2n) is 5.28. The van der Waals surface area contributed by atoms with Crippen LogP contribution in [0.25, 0.3) is 11.1 Å². The molecule has 1 aliphatic rings. The number of fused-ring (bicyclic) bond motifs is 1. The third kappa shape index (κ3) is 2.54. The van der Waals surface area contributed by atoms with E-state index in [0.717, 1.165) is 30.6 Å². The molecule has 2 heteroatoms. The van der Waals surface area contributed by atoms with Crippen LogP contribution in [0.4, 0.5) is 4.39 Å². The highest BCUT2D eigenvalue weighted by molar-refractivity contribution is 5.65. The Morgan fingerprint density at radius 2 is 1.95 bits per heavy atom. The van der Waals surface area contributed by atoms with Crippen molar-refractivity contribution < 1.29 is 4.39 Å². The fourth-order valence-corrected chi connectivity index (χ4v) is 2.78. The molecule has 3 rings (SSSR count). The van der Waals surface area contributed by atoms with Crippen molar-refractivity contribution in [3.63, 3.8) is 0 Å². The third-order valence-corrected chi connectivity index (χ3v) is 3.86. The van der Waals surface area contributed by atoms with Gasteiger partial charge in [-0.05, 0) is 53.3 Å². The summed E-state index contributed by atoms with van der Waals surface area (Å²) in [6.07, 6.45) is 1.07. The van der Waals surface area contributed by atoms with Gasteiger partial charge < -0.3 is 5.32 Å². The number of hydrogen-bond acceptors (Lipinski definition) is 1. The van der Waals surface area contributed by atoms with Gasteiger partial charge in [-0.25, -0.2) is 4.39 Å². The lowest BCUT2D eigenvalue weighted by molar-refractivity contribution is 0.628. The quantitative estimate of drug-likeness (QED) is 0.818. The highest BCUT2D eigenvalue weighted by atomic mass is 19.1. The molecule has 0 bridgehead atoms. The Bertz CT molecular complexity index is 592. The molecule has 0 radical (unpaired) electrons. The number of halogens is 1. The third-order valence-electron chi connectivity index (χ3n) is 3.86. The largest absolute Gasteiger partial charge is 0.316 e. The van der Waals surface area contributed by atoms with Gasteiger partial charge in [0.2, 0.25) is 0 Å². The zero-order valence-corrected chi connectivity index (χ0v) is 11.1. The summed E-state index contributed by atoms with van der Waals surface area (Å²) >= 11 is 0. The summed E-state index contributed by atoms with van der Waals surface area (Å²) in [4.78, 5) is 0. The summed E-state index contributed by atoms with van der Waals surface area (Å²) in [5.74, 6) is 0.327. The Kier molecular flexibility index (Phi) is 3.34. The van der Waals surface area contributed by atoms with E-state index in [-0.39, 0.29) is 5.82 Å². The molecule has 19 heavy (non-hydrogen) atoms. The zero-order valence-electron chi connectivity index (χ0n) is 11.1. The van der Waals surface area contributed by atoms with Crippen molar-refractivity contribution >= 4 is 0 Å². The van der Waals surface area contributed by atoms with E-state index in [0.29, 0.717) is 5.92 Å². The predicted molar refractivity (Wildman–Crippen MR) is 76.8 cm³/mol. The Labute approximate surface area is 113 Å². The molecule has 0 saturated heterocycles. The topological polar surface area (TPSA) is 12.0 Å². The molecule has 0 aliphatic carbocycles. The number of hydrogen-bond donors (Lipinski definition) is 1. The SMILES string of the molecule is CC1CNCCc2ccc(-c3cccc(F)c3)cc21. The van der Waals surface area contributed by atoms with E-state index in [4.69, 9.17) is 0 Å². The molecule has 0 aromatic heterocycles. The fraction of sp³-hybridized carbons (Fsp3) is 0.294. The van der Waals surface area contributed by atoms with Gasteiger partial charge in [0.15, 0.2) is 0 Å². The lowest BCUT2D eigenvalue weighted by Crippen LogP contribution is -2.18. The molecule has 0 spiro atoms. The summed E-state index contributed by atoms with van der Waals surface area (Å²) in [5.41, 5.74) is 4.86. The van der Waals surface area contributed by atoms with E-state index in [1.165, 1.54) is 17.2 Å². The van der Waals surface area contributed by atoms with E-state index in [1.807, 2.05) is 6.07 Å². The predicted octanol–water partition coefficient (Wildman–Crippen LogP) is 3.74. The molecule has 0 fully saturated rings. The van der Waals surface area contributed by atoms with Crippen molar-refractivity contribution in [2.24, 2.45) is 0 Å². The molecule has 2 aromatic rings. The summed E-state index contributed by atoms with van der Waals surface area (Å²) in [5, 5.41) is 3.45. The van der Waals surface area contributed by atoms with Gasteiger partial charge in [-0.3, -0.25) is 0 Å². The molecule has 98 valence electrons. The van der Waals surface area contributed by atoms with Crippen molar-refractivity contribution in [3.05, 3.63) is 59.4 Å². The van der Waals surface area contributed by atoms with Gasteiger partial charge in [-0.2, -0.15) is 0 Å². The minimum Gasteiger partial charge on any atom is -0.316 e. The smallest absolute Gasteiger partial charge is 0.123 e. The molecule has 1 N–H and O–H groups in total. The van der Waals surface area contributed by atoms with Gasteiger partial charge in [0.05, 0.1) is 0 Å². The molecule has 2 aromatic carbocycles. The standard InChI is InChI=1S/C17H18FN/c1-12-11-19-8-7-13-5-6-15(10-17(12)13)14-3-2-4-16(18)9-14/h2-6,9-10,12,19H,7-8,11H2,1H3. The molecular weight excluding hydrogens is 237 g/mol. The number of nitrogens with one attached hydrogen (secondary N) is 1. The van der Waals surface area contributed by atoms with Crippen LogP contribution in [0.5, 0.6) is 0 Å². The zero-order chi connectivity index (χ0) is 13.2. The molecule has 1 atom stereocenters. The average molecular weight is 255 g/mol. The van der Waals surface area contributed by atoms with Crippen LogP contribution >= 0.6 is 0 Å². The summed E-state index contributed by atoms with van der Waals surface area (Å²) < 4.78 is 13.3. The number of rotatable bonds is 1. The fourth-order valence-electron chi connectivity index (χ4n) is 2.78. The lowest BCUT2D eigenvalue weighted by atomic mass is 9.91. The van der Waals surface area contributed by atoms with Crippen LogP contribution in [0.2, 0.25) is 0 Å². The van der Waals surface area contributed by atoms with Gasteiger partial charge in [0.25, 0.3) is 0 Å². The van der Waals surface area contributed by atoms with Crippen LogP contribution in [0, 0.1) is 5.82 Å². The van der Waals surface area contributed by atoms with Gasteiger partial charge in [-0.1, -0.05) is 37.3 Å². The van der Waals surface area contributed by atoms with Gasteiger partial charge in [0, 0.05) is 6.54 Å². The first-order valence-electron chi connectivity index (χ1n) is 6.83. The molecule has 1 nitrogen and oxygen atoms in total. The van der Waals surface area contributed by atoms with E-state index >= 15 is 0 Å². The first-order valence-corrected chi connectivity index (χ1v) is 6.83. The maximum Gasteiger partial charge on any atom is 0.123 e. The first kappa shape index (κ1) is 12.4. The summed E-state index contributed by atoms with van der Waals surface area (Å²) in [6, 6.07) is 13.3. The van der Waals surface area contributed by atoms with Gasteiger partial charge in [0.1, 0.15) is 5.82 Å². The minimum absolute atomic E-state index is 0.179. The van der Waals surface area contributed by atoms with Crippen molar-refractivity contribution in [2.45, 2.75) is 19.3 Å². The minimum atomic E-state index is -0.179. The molecule has 0 amide bonds. The van der Waals surface area contributed by atoms with E-state index < -0.39 is 0 Å². The Morgan fingerprint density at radius 3 is 2.79 bits per heavy atom. The van der Waals surface area contributed by atoms with Gasteiger partial charge >= 0.3 is 0 Å². The van der Waals surface area contributed by atoms with Crippen LogP contribution in [-0.4, -0.2) is 13.1 Å². The molecule has 1 aliphatic heterocycles. The highest BCUT2D eigenvalue weighted by Gasteiger charge is 2.15. The van der Waals surface area contributed by atoms with Crippen molar-refractivity contribution in [2.75, 3.05) is 13.1 Å². The molecule has 1 heterocycles. The monoisotopic (exact) mass is 255 g/mol. The maximum atomic E-state index is 13.3. The highest BCUT2D eigenvalue weighted by Crippen LogP contribution is 2.28. The molecular formula is C17H18FN. The lowest BCUT2D eigenvalue weighted by Gasteiger charge is -2.14. The number of benzene rings is 2. The molecule has 1 unspecified atom stereocenters. The normalized spacial score (nSPS) is 18.7. The van der Waals surface area contributed by atoms with Crippen LogP contribution in [0.15, 0.2) is 42.5 Å². The maximum absolute atomic E-state index is 13.3. The van der Waals surface area contributed by atoms with E-state index in [1.54, 1.807) is 12.1 Å². The second-order valence-corrected chi connectivity index (χ2v) is 5.28. The Balaban J connectivity index is 2.05. The Morgan fingerprint density at radius 1 is 1.11 bits per heavy atom. The van der Waals surface area contributed by atoms with E-state index in [9.17, 15) is 4.39 Å². The van der Waals surface area contributed by atoms with Crippen molar-refractivity contribution in [1.82, 2.24) is 5.32 Å². The molecule has 0 saturated carbocycles. The summed E-state index contributed by atoms with van der Waals surface area (Å²) in [7, 11) is 0. The van der Waals surface area contributed by atoms with Crippen LogP contribution in [0.3, 0.4) is 0 Å². The summed E-state index contributed by atoms with van der Waals surface area (Å²) in [6.45, 7) is 4.29. The van der Waals surface area contributed by atoms with Crippen LogP contribution < -0.4 is 5.32 Å². The van der Waals surface area contributed by atoms with Crippen LogP contribution in [0.1, 0.15) is 24.0 Å². The van der Waals surface area contributed by atoms with Crippen molar-refractivity contribution in [3.8, 4) is 11.1 Å². The van der Waals surface area contributed by atoms with Crippen LogP contribution in [-0.2, 0) is 6.42 Å². The van der Waals surface area contributed by atoms with E-state index in [2.05, 4.69) is 30.4 Å². The van der Waals surface area contributed by atoms with Gasteiger partial charge in [-0.15, -0.1) is 0 Å².